The van der Waals surface area contributed by atoms with Gasteiger partial charge in [0.2, 0.25) is 5.91 Å². The van der Waals surface area contributed by atoms with E-state index in [9.17, 15) is 9.59 Å². The molecule has 1 aliphatic rings. The molecule has 142 valence electrons. The molecule has 2 aromatic rings. The predicted octanol–water partition coefficient (Wildman–Crippen LogP) is 3.88. The molecule has 0 radical (unpaired) electrons. The summed E-state index contributed by atoms with van der Waals surface area (Å²) in [7, 11) is 1.52. The molecule has 1 aliphatic heterocycles. The minimum Gasteiger partial charge on any atom is -0.495 e. The van der Waals surface area contributed by atoms with Gasteiger partial charge in [0.25, 0.3) is 5.91 Å². The van der Waals surface area contributed by atoms with Gasteiger partial charge in [0.15, 0.2) is 6.10 Å². The summed E-state index contributed by atoms with van der Waals surface area (Å²) in [6.07, 6.45) is 0.661. The number of benzene rings is 2. The van der Waals surface area contributed by atoms with Crippen molar-refractivity contribution in [2.45, 2.75) is 25.9 Å². The van der Waals surface area contributed by atoms with Gasteiger partial charge in [-0.1, -0.05) is 17.7 Å². The maximum absolute atomic E-state index is 12.5. The van der Waals surface area contributed by atoms with E-state index >= 15 is 0 Å². The number of carbonyl (C=O) groups is 2. The first-order valence-electron chi connectivity index (χ1n) is 8.69. The topological polar surface area (TPSA) is 67.9 Å². The van der Waals surface area contributed by atoms with Crippen LogP contribution in [0.5, 0.6) is 11.5 Å². The monoisotopic (exact) mass is 388 g/mol. The first kappa shape index (κ1) is 19.0. The van der Waals surface area contributed by atoms with Crippen LogP contribution in [0, 0.1) is 0 Å². The van der Waals surface area contributed by atoms with Gasteiger partial charge in [-0.15, -0.1) is 0 Å². The smallest absolute Gasteiger partial charge is 0.265 e. The van der Waals surface area contributed by atoms with Crippen molar-refractivity contribution in [1.82, 2.24) is 0 Å². The molecule has 2 aromatic carbocycles. The lowest BCUT2D eigenvalue weighted by Gasteiger charge is -2.19. The van der Waals surface area contributed by atoms with Crippen LogP contribution in [0.3, 0.4) is 0 Å². The Bertz CT molecular complexity index is 856. The second-order valence-electron chi connectivity index (χ2n) is 6.24. The average molecular weight is 389 g/mol. The molecular formula is C20H21ClN2O4. The summed E-state index contributed by atoms with van der Waals surface area (Å²) in [5.41, 5.74) is 1.25. The van der Waals surface area contributed by atoms with Crippen LogP contribution in [0.15, 0.2) is 42.5 Å². The van der Waals surface area contributed by atoms with E-state index in [2.05, 4.69) is 5.32 Å². The summed E-state index contributed by atoms with van der Waals surface area (Å²) in [4.78, 5) is 26.1. The molecule has 0 aliphatic carbocycles. The third kappa shape index (κ3) is 4.52. The molecule has 27 heavy (non-hydrogen) atoms. The molecule has 6 nitrogen and oxygen atoms in total. The van der Waals surface area contributed by atoms with E-state index in [1.165, 1.54) is 7.11 Å². The predicted molar refractivity (Wildman–Crippen MR) is 105 cm³/mol. The van der Waals surface area contributed by atoms with Gasteiger partial charge in [-0.25, -0.2) is 0 Å². The van der Waals surface area contributed by atoms with Crippen molar-refractivity contribution in [3.8, 4) is 11.5 Å². The Morgan fingerprint density at radius 1 is 1.26 bits per heavy atom. The maximum atomic E-state index is 12.5. The van der Waals surface area contributed by atoms with E-state index in [0.29, 0.717) is 35.2 Å². The van der Waals surface area contributed by atoms with E-state index in [1.54, 1.807) is 48.2 Å². The molecule has 2 amide bonds. The highest BCUT2D eigenvalue weighted by Crippen LogP contribution is 2.29. The highest BCUT2D eigenvalue weighted by molar-refractivity contribution is 6.31. The fourth-order valence-corrected chi connectivity index (χ4v) is 3.09. The van der Waals surface area contributed by atoms with Crippen molar-refractivity contribution in [1.29, 1.82) is 0 Å². The molecule has 0 saturated carbocycles. The van der Waals surface area contributed by atoms with Crippen molar-refractivity contribution < 1.29 is 19.1 Å². The molecule has 3 rings (SSSR count). The molecular weight excluding hydrogens is 368 g/mol. The van der Waals surface area contributed by atoms with Gasteiger partial charge in [0, 0.05) is 29.7 Å². The second kappa shape index (κ2) is 8.31. The first-order valence-corrected chi connectivity index (χ1v) is 9.07. The number of carbonyl (C=O) groups excluding carboxylic acids is 2. The molecule has 0 aromatic heterocycles. The third-order valence-corrected chi connectivity index (χ3v) is 4.54. The number of hydrogen-bond donors (Lipinski definition) is 1. The van der Waals surface area contributed by atoms with Gasteiger partial charge in [-0.05, 0) is 43.7 Å². The lowest BCUT2D eigenvalue weighted by Crippen LogP contribution is -2.30. The van der Waals surface area contributed by atoms with E-state index in [4.69, 9.17) is 21.1 Å². The average Bonchev–Trinajstić information content (AvgIpc) is 3.08. The molecule has 1 saturated heterocycles. The highest BCUT2D eigenvalue weighted by Gasteiger charge is 2.22. The van der Waals surface area contributed by atoms with Crippen LogP contribution >= 0.6 is 11.6 Å². The maximum Gasteiger partial charge on any atom is 0.265 e. The molecule has 1 heterocycles. The van der Waals surface area contributed by atoms with E-state index < -0.39 is 6.10 Å². The van der Waals surface area contributed by atoms with Crippen LogP contribution in [-0.4, -0.2) is 31.6 Å². The zero-order valence-corrected chi connectivity index (χ0v) is 16.0. The van der Waals surface area contributed by atoms with Gasteiger partial charge < -0.3 is 19.7 Å². The number of rotatable bonds is 6. The van der Waals surface area contributed by atoms with Crippen molar-refractivity contribution in [2.75, 3.05) is 23.9 Å². The number of anilines is 2. The molecule has 7 heteroatoms. The number of halogens is 1. The Kier molecular flexibility index (Phi) is 5.86. The zero-order valence-electron chi connectivity index (χ0n) is 15.2. The van der Waals surface area contributed by atoms with Crippen LogP contribution in [-0.2, 0) is 9.59 Å². The third-order valence-electron chi connectivity index (χ3n) is 4.30. The first-order chi connectivity index (χ1) is 13.0. The summed E-state index contributed by atoms with van der Waals surface area (Å²) < 4.78 is 11.0. The Hall–Kier alpha value is -2.73. The van der Waals surface area contributed by atoms with Crippen LogP contribution < -0.4 is 19.7 Å². The van der Waals surface area contributed by atoms with Crippen molar-refractivity contribution in [3.05, 3.63) is 47.5 Å². The molecule has 1 fully saturated rings. The zero-order chi connectivity index (χ0) is 19.4. The minimum absolute atomic E-state index is 0.103. The molecule has 0 bridgehead atoms. The second-order valence-corrected chi connectivity index (χ2v) is 6.68. The van der Waals surface area contributed by atoms with Crippen molar-refractivity contribution >= 4 is 34.8 Å². The largest absolute Gasteiger partial charge is 0.495 e. The van der Waals surface area contributed by atoms with Crippen molar-refractivity contribution in [2.24, 2.45) is 0 Å². The van der Waals surface area contributed by atoms with Crippen LogP contribution in [0.4, 0.5) is 11.4 Å². The van der Waals surface area contributed by atoms with Gasteiger partial charge in [0.1, 0.15) is 11.5 Å². The Morgan fingerprint density at radius 2 is 2.07 bits per heavy atom. The molecule has 0 unspecified atom stereocenters. The number of hydrogen-bond acceptors (Lipinski definition) is 4. The quantitative estimate of drug-likeness (QED) is 0.815. The number of nitrogens with one attached hydrogen (secondary N) is 1. The summed E-state index contributed by atoms with van der Waals surface area (Å²) in [5, 5.41) is 3.25. The normalized spacial score (nSPS) is 14.8. The number of ether oxygens (including phenoxy) is 2. The molecule has 1 atom stereocenters. The van der Waals surface area contributed by atoms with E-state index in [-0.39, 0.29) is 11.8 Å². The Morgan fingerprint density at radius 3 is 2.78 bits per heavy atom. The van der Waals surface area contributed by atoms with Gasteiger partial charge in [-0.3, -0.25) is 9.59 Å². The fraction of sp³-hybridized carbons (Fsp3) is 0.300. The van der Waals surface area contributed by atoms with Gasteiger partial charge in [0.05, 0.1) is 12.8 Å². The van der Waals surface area contributed by atoms with Gasteiger partial charge in [-0.2, -0.15) is 0 Å². The van der Waals surface area contributed by atoms with E-state index in [0.717, 1.165) is 12.1 Å². The summed E-state index contributed by atoms with van der Waals surface area (Å²) >= 11 is 5.99. The molecule has 0 spiro atoms. The van der Waals surface area contributed by atoms with Crippen LogP contribution in [0.25, 0.3) is 0 Å². The SMILES string of the molecule is COc1ccc(Cl)cc1NC(=O)[C@H](C)Oc1cccc(N2CCCC2=O)c1. The van der Waals surface area contributed by atoms with Crippen molar-refractivity contribution in [3.63, 3.8) is 0 Å². The standard InChI is InChI=1S/C20H21ClN2O4/c1-13(20(25)22-17-11-14(21)8-9-18(17)26-2)27-16-6-3-5-15(12-16)23-10-4-7-19(23)24/h3,5-6,8-9,11-13H,4,7,10H2,1-2H3,(H,22,25)/t13-/m0/s1. The minimum atomic E-state index is -0.752. The molecule has 1 N–H and O–H groups in total. The van der Waals surface area contributed by atoms with Crippen LogP contribution in [0.2, 0.25) is 5.02 Å². The number of amides is 2. The lowest BCUT2D eigenvalue weighted by molar-refractivity contribution is -0.122. The van der Waals surface area contributed by atoms with E-state index in [1.807, 2.05) is 6.07 Å². The summed E-state index contributed by atoms with van der Waals surface area (Å²) in [6.45, 7) is 2.35. The Labute approximate surface area is 163 Å². The fourth-order valence-electron chi connectivity index (χ4n) is 2.92. The van der Waals surface area contributed by atoms with Gasteiger partial charge >= 0.3 is 0 Å². The lowest BCUT2D eigenvalue weighted by atomic mass is 10.2. The number of methoxy groups -OCH3 is 1. The Balaban J connectivity index is 1.68. The summed E-state index contributed by atoms with van der Waals surface area (Å²) in [5.74, 6) is 0.798. The highest BCUT2D eigenvalue weighted by atomic mass is 35.5. The van der Waals surface area contributed by atoms with Crippen LogP contribution in [0.1, 0.15) is 19.8 Å². The summed E-state index contributed by atoms with van der Waals surface area (Å²) in [6, 6.07) is 12.2. The number of nitrogens with zero attached hydrogens (tertiary/aromatic N) is 1.